The van der Waals surface area contributed by atoms with Crippen LogP contribution in [-0.4, -0.2) is 16.1 Å². The molecule has 0 saturated carbocycles. The van der Waals surface area contributed by atoms with E-state index in [0.717, 1.165) is 0 Å². The fraction of sp³-hybridized carbons (Fsp3) is 1.00. The molecule has 1 aliphatic rings. The Bertz CT molecular complexity index is 122. The first-order chi connectivity index (χ1) is 4.36. The molecule has 1 rings (SSSR count). The molecule has 2 N–H and O–H groups in total. The number of rotatable bonds is 0. The van der Waals surface area contributed by atoms with Crippen LogP contribution in [0.4, 0.5) is 0 Å². The van der Waals surface area contributed by atoms with E-state index in [2.05, 4.69) is 27.7 Å². The van der Waals surface area contributed by atoms with Gasteiger partial charge in [-0.25, -0.2) is 5.01 Å². The predicted molar refractivity (Wildman–Crippen MR) is 43.4 cm³/mol. The van der Waals surface area contributed by atoms with Crippen molar-refractivity contribution in [1.82, 2.24) is 5.01 Å². The van der Waals surface area contributed by atoms with Gasteiger partial charge in [-0.05, 0) is 40.5 Å². The third kappa shape index (κ3) is 1.06. The third-order valence-corrected chi connectivity index (χ3v) is 2.65. The summed E-state index contributed by atoms with van der Waals surface area (Å²) < 4.78 is 0. The van der Waals surface area contributed by atoms with Crippen LogP contribution in [0.2, 0.25) is 0 Å². The summed E-state index contributed by atoms with van der Waals surface area (Å²) in [5, 5.41) is 1.99. The first kappa shape index (κ1) is 8.02. The van der Waals surface area contributed by atoms with Crippen molar-refractivity contribution in [3.8, 4) is 0 Å². The van der Waals surface area contributed by atoms with E-state index in [-0.39, 0.29) is 11.1 Å². The van der Waals surface area contributed by atoms with E-state index in [1.807, 2.05) is 5.01 Å². The first-order valence-corrected chi connectivity index (χ1v) is 3.91. The fourth-order valence-electron chi connectivity index (χ4n) is 1.67. The van der Waals surface area contributed by atoms with Crippen LogP contribution in [0.3, 0.4) is 0 Å². The second kappa shape index (κ2) is 1.95. The summed E-state index contributed by atoms with van der Waals surface area (Å²) in [7, 11) is 0. The van der Waals surface area contributed by atoms with Crippen LogP contribution in [-0.2, 0) is 0 Å². The molecular formula is C8H18N2. The Hall–Kier alpha value is -0.0800. The summed E-state index contributed by atoms with van der Waals surface area (Å²) in [4.78, 5) is 0. The molecule has 0 radical (unpaired) electrons. The number of hydrazine groups is 1. The Labute approximate surface area is 63.4 Å². The predicted octanol–water partition coefficient (Wildman–Crippen LogP) is 1.51. The molecule has 0 aromatic carbocycles. The van der Waals surface area contributed by atoms with E-state index in [9.17, 15) is 0 Å². The Balaban J connectivity index is 2.77. The highest BCUT2D eigenvalue weighted by Gasteiger charge is 2.42. The van der Waals surface area contributed by atoms with Crippen LogP contribution in [0.1, 0.15) is 40.5 Å². The molecule has 0 aliphatic carbocycles. The van der Waals surface area contributed by atoms with Crippen molar-refractivity contribution in [3.63, 3.8) is 0 Å². The average Bonchev–Trinajstić information content (AvgIpc) is 1.95. The summed E-state index contributed by atoms with van der Waals surface area (Å²) in [5.74, 6) is 5.92. The molecule has 1 fully saturated rings. The van der Waals surface area contributed by atoms with Crippen LogP contribution in [0.15, 0.2) is 0 Å². The van der Waals surface area contributed by atoms with E-state index in [0.29, 0.717) is 0 Å². The van der Waals surface area contributed by atoms with Crippen molar-refractivity contribution in [2.24, 2.45) is 5.84 Å². The molecule has 0 atom stereocenters. The molecule has 0 unspecified atom stereocenters. The maximum absolute atomic E-state index is 5.92. The normalized spacial score (nSPS) is 30.9. The van der Waals surface area contributed by atoms with Crippen molar-refractivity contribution >= 4 is 0 Å². The Morgan fingerprint density at radius 1 is 1.00 bits per heavy atom. The molecule has 0 amide bonds. The molecule has 60 valence electrons. The van der Waals surface area contributed by atoms with Crippen molar-refractivity contribution < 1.29 is 0 Å². The van der Waals surface area contributed by atoms with E-state index >= 15 is 0 Å². The van der Waals surface area contributed by atoms with Crippen LogP contribution in [0.5, 0.6) is 0 Å². The van der Waals surface area contributed by atoms with Crippen LogP contribution in [0.25, 0.3) is 0 Å². The molecule has 10 heavy (non-hydrogen) atoms. The Morgan fingerprint density at radius 2 is 1.30 bits per heavy atom. The summed E-state index contributed by atoms with van der Waals surface area (Å²) >= 11 is 0. The lowest BCUT2D eigenvalue weighted by Crippen LogP contribution is -2.52. The van der Waals surface area contributed by atoms with Gasteiger partial charge in [0.1, 0.15) is 0 Å². The molecule has 1 saturated heterocycles. The number of hydrogen-bond donors (Lipinski definition) is 1. The van der Waals surface area contributed by atoms with Gasteiger partial charge in [0.25, 0.3) is 0 Å². The highest BCUT2D eigenvalue weighted by atomic mass is 15.5. The van der Waals surface area contributed by atoms with Crippen molar-refractivity contribution in [2.45, 2.75) is 51.6 Å². The number of nitrogens with two attached hydrogens (primary N) is 1. The van der Waals surface area contributed by atoms with Crippen LogP contribution < -0.4 is 5.84 Å². The van der Waals surface area contributed by atoms with Crippen LogP contribution in [0, 0.1) is 0 Å². The lowest BCUT2D eigenvalue weighted by Gasteiger charge is -2.35. The minimum atomic E-state index is 0.198. The third-order valence-electron chi connectivity index (χ3n) is 2.65. The molecule has 1 heterocycles. The standard InChI is InChI=1S/C8H18N2/c1-7(2)5-6-8(3,4)10(7)9/h5-6,9H2,1-4H3. The first-order valence-electron chi connectivity index (χ1n) is 3.91. The van der Waals surface area contributed by atoms with Gasteiger partial charge in [-0.3, -0.25) is 5.84 Å². The van der Waals surface area contributed by atoms with E-state index < -0.39 is 0 Å². The maximum Gasteiger partial charge on any atom is 0.0302 e. The molecule has 2 nitrogen and oxygen atoms in total. The largest absolute Gasteiger partial charge is 0.268 e. The monoisotopic (exact) mass is 142 g/mol. The molecule has 0 aromatic rings. The zero-order chi connectivity index (χ0) is 7.99. The lowest BCUT2D eigenvalue weighted by molar-refractivity contribution is 0.0799. The zero-order valence-electron chi connectivity index (χ0n) is 7.44. The molecule has 0 spiro atoms. The quantitative estimate of drug-likeness (QED) is 0.519. The highest BCUT2D eigenvalue weighted by molar-refractivity contribution is 4.96. The second-order valence-electron chi connectivity index (χ2n) is 4.49. The van der Waals surface area contributed by atoms with Gasteiger partial charge < -0.3 is 0 Å². The Morgan fingerprint density at radius 3 is 1.40 bits per heavy atom. The average molecular weight is 142 g/mol. The molecule has 1 aliphatic heterocycles. The van der Waals surface area contributed by atoms with Gasteiger partial charge in [0.05, 0.1) is 0 Å². The summed E-state index contributed by atoms with van der Waals surface area (Å²) in [6, 6.07) is 0. The minimum absolute atomic E-state index is 0.198. The topological polar surface area (TPSA) is 29.3 Å². The SMILES string of the molecule is CC1(C)CCC(C)(C)N1N. The molecule has 0 aromatic heterocycles. The van der Waals surface area contributed by atoms with Gasteiger partial charge in [0, 0.05) is 11.1 Å². The maximum atomic E-state index is 5.92. The molecular weight excluding hydrogens is 124 g/mol. The van der Waals surface area contributed by atoms with Gasteiger partial charge in [-0.15, -0.1) is 0 Å². The fourth-order valence-corrected chi connectivity index (χ4v) is 1.67. The summed E-state index contributed by atoms with van der Waals surface area (Å²) in [6.45, 7) is 8.78. The molecule has 2 heteroatoms. The van der Waals surface area contributed by atoms with Crippen molar-refractivity contribution in [1.29, 1.82) is 0 Å². The molecule has 0 bridgehead atoms. The Kier molecular flexibility index (Phi) is 1.57. The van der Waals surface area contributed by atoms with Crippen molar-refractivity contribution in [3.05, 3.63) is 0 Å². The second-order valence-corrected chi connectivity index (χ2v) is 4.49. The zero-order valence-corrected chi connectivity index (χ0v) is 7.44. The number of nitrogens with zero attached hydrogens (tertiary/aromatic N) is 1. The summed E-state index contributed by atoms with van der Waals surface area (Å²) in [5.41, 5.74) is 0.396. The number of hydrogen-bond acceptors (Lipinski definition) is 2. The van der Waals surface area contributed by atoms with E-state index in [4.69, 9.17) is 5.84 Å². The van der Waals surface area contributed by atoms with Gasteiger partial charge in [-0.2, -0.15) is 0 Å². The van der Waals surface area contributed by atoms with E-state index in [1.165, 1.54) is 12.8 Å². The minimum Gasteiger partial charge on any atom is -0.268 e. The van der Waals surface area contributed by atoms with E-state index in [1.54, 1.807) is 0 Å². The van der Waals surface area contributed by atoms with Gasteiger partial charge in [0.15, 0.2) is 0 Å². The van der Waals surface area contributed by atoms with Gasteiger partial charge >= 0.3 is 0 Å². The summed E-state index contributed by atoms with van der Waals surface area (Å²) in [6.07, 6.45) is 2.41. The lowest BCUT2D eigenvalue weighted by atomic mass is 10.0. The highest BCUT2D eigenvalue weighted by Crippen LogP contribution is 2.36. The van der Waals surface area contributed by atoms with Crippen LogP contribution >= 0.6 is 0 Å². The van der Waals surface area contributed by atoms with Gasteiger partial charge in [-0.1, -0.05) is 0 Å². The smallest absolute Gasteiger partial charge is 0.0302 e. The van der Waals surface area contributed by atoms with Gasteiger partial charge in [0.2, 0.25) is 0 Å². The van der Waals surface area contributed by atoms with Crippen molar-refractivity contribution in [2.75, 3.05) is 0 Å².